The van der Waals surface area contributed by atoms with Crippen LogP contribution >= 0.6 is 23.5 Å². The van der Waals surface area contributed by atoms with E-state index in [1.165, 1.54) is 11.8 Å². The highest BCUT2D eigenvalue weighted by Crippen LogP contribution is 2.46. The minimum Gasteiger partial charge on any atom is -0.224 e. The number of fused-ring (bicyclic) bond motifs is 1. The van der Waals surface area contributed by atoms with Gasteiger partial charge in [0, 0.05) is 0 Å². The van der Waals surface area contributed by atoms with Crippen LogP contribution in [0.25, 0.3) is 0 Å². The minimum atomic E-state index is -3.49. The highest BCUT2D eigenvalue weighted by atomic mass is 32.3. The third-order valence-electron chi connectivity index (χ3n) is 1.83. The van der Waals surface area contributed by atoms with Crippen molar-refractivity contribution < 1.29 is 8.42 Å². The standard InChI is InChI=1S/C7H9NO2S3/c8-13(9,10)6-4-5-2-1-3-11-7(5)12-6/h2,4,7H,1,3H2,(H2,8,9,10). The predicted molar refractivity (Wildman–Crippen MR) is 57.7 cm³/mol. The lowest BCUT2D eigenvalue weighted by Gasteiger charge is -2.14. The van der Waals surface area contributed by atoms with Gasteiger partial charge in [-0.25, -0.2) is 13.6 Å². The Morgan fingerprint density at radius 2 is 2.31 bits per heavy atom. The van der Waals surface area contributed by atoms with E-state index < -0.39 is 10.0 Å². The van der Waals surface area contributed by atoms with Crippen molar-refractivity contribution in [3.05, 3.63) is 22.0 Å². The fourth-order valence-electron chi connectivity index (χ4n) is 1.25. The van der Waals surface area contributed by atoms with Crippen molar-refractivity contribution in [2.45, 2.75) is 11.0 Å². The first-order valence-corrected chi connectivity index (χ1v) is 7.28. The van der Waals surface area contributed by atoms with Gasteiger partial charge in [-0.3, -0.25) is 0 Å². The average molecular weight is 235 g/mol. The van der Waals surface area contributed by atoms with Gasteiger partial charge in [0.25, 0.3) is 0 Å². The molecule has 2 N–H and O–H groups in total. The number of hydrogen-bond acceptors (Lipinski definition) is 4. The highest BCUT2D eigenvalue weighted by molar-refractivity contribution is 8.26. The number of nitrogens with two attached hydrogens (primary N) is 1. The van der Waals surface area contributed by atoms with Crippen LogP contribution in [0.2, 0.25) is 0 Å². The van der Waals surface area contributed by atoms with E-state index in [1.807, 2.05) is 0 Å². The Labute approximate surface area is 85.9 Å². The van der Waals surface area contributed by atoms with E-state index in [0.29, 0.717) is 4.24 Å². The summed E-state index contributed by atoms with van der Waals surface area (Å²) in [6, 6.07) is 0. The SMILES string of the molecule is NS(=O)(=O)C1=CC2=CCCSC2S1. The molecule has 6 heteroatoms. The van der Waals surface area contributed by atoms with E-state index in [4.69, 9.17) is 5.14 Å². The van der Waals surface area contributed by atoms with Crippen LogP contribution in [0, 0.1) is 0 Å². The van der Waals surface area contributed by atoms with Crippen LogP contribution in [0.1, 0.15) is 6.42 Å². The van der Waals surface area contributed by atoms with Gasteiger partial charge in [0.2, 0.25) is 10.0 Å². The Hall–Kier alpha value is 0.0900. The maximum absolute atomic E-state index is 11.0. The molecule has 0 aromatic heterocycles. The number of thioether (sulfide) groups is 2. The van der Waals surface area contributed by atoms with E-state index >= 15 is 0 Å². The molecule has 13 heavy (non-hydrogen) atoms. The topological polar surface area (TPSA) is 60.2 Å². The molecule has 0 aliphatic carbocycles. The monoisotopic (exact) mass is 235 g/mol. The third kappa shape index (κ3) is 1.96. The minimum absolute atomic E-state index is 0.252. The first-order chi connectivity index (χ1) is 6.07. The van der Waals surface area contributed by atoms with Gasteiger partial charge in [-0.15, -0.1) is 11.8 Å². The number of sulfonamides is 1. The molecule has 1 atom stereocenters. The molecule has 0 spiro atoms. The van der Waals surface area contributed by atoms with Gasteiger partial charge >= 0.3 is 0 Å². The van der Waals surface area contributed by atoms with Crippen molar-refractivity contribution in [2.75, 3.05) is 5.75 Å². The van der Waals surface area contributed by atoms with E-state index in [2.05, 4.69) is 6.08 Å². The molecule has 0 aromatic carbocycles. The molecule has 2 rings (SSSR count). The fourth-order valence-corrected chi connectivity index (χ4v) is 4.97. The van der Waals surface area contributed by atoms with Gasteiger partial charge in [0.15, 0.2) is 0 Å². The predicted octanol–water partition coefficient (Wildman–Crippen LogP) is 1.25. The first-order valence-electron chi connectivity index (χ1n) is 3.80. The van der Waals surface area contributed by atoms with Gasteiger partial charge in [-0.1, -0.05) is 17.8 Å². The molecule has 3 nitrogen and oxygen atoms in total. The number of primary sulfonamides is 1. The van der Waals surface area contributed by atoms with Crippen molar-refractivity contribution in [3.63, 3.8) is 0 Å². The molecule has 2 aliphatic rings. The summed E-state index contributed by atoms with van der Waals surface area (Å²) in [5.74, 6) is 1.06. The summed E-state index contributed by atoms with van der Waals surface area (Å²) in [5.41, 5.74) is 1.10. The zero-order valence-corrected chi connectivity index (χ0v) is 9.21. The van der Waals surface area contributed by atoms with Gasteiger partial charge in [0.1, 0.15) is 4.24 Å². The lowest BCUT2D eigenvalue weighted by atomic mass is 10.2. The van der Waals surface area contributed by atoms with Crippen molar-refractivity contribution in [1.82, 2.24) is 0 Å². The average Bonchev–Trinajstić information content (AvgIpc) is 2.45. The maximum Gasteiger partial charge on any atom is 0.244 e. The third-order valence-corrected chi connectivity index (χ3v) is 6.07. The van der Waals surface area contributed by atoms with Crippen LogP contribution in [0.15, 0.2) is 22.0 Å². The van der Waals surface area contributed by atoms with Crippen LogP contribution < -0.4 is 5.14 Å². The molecule has 0 aromatic rings. The summed E-state index contributed by atoms with van der Waals surface area (Å²) in [5, 5.41) is 5.04. The summed E-state index contributed by atoms with van der Waals surface area (Å²) >= 11 is 3.12. The Morgan fingerprint density at radius 3 is 2.92 bits per heavy atom. The molecule has 0 radical (unpaired) electrons. The van der Waals surface area contributed by atoms with Gasteiger partial charge < -0.3 is 0 Å². The molecule has 72 valence electrons. The lowest BCUT2D eigenvalue weighted by Crippen LogP contribution is -2.11. The first kappa shape index (κ1) is 9.64. The van der Waals surface area contributed by atoms with Crippen LogP contribution in [-0.2, 0) is 10.0 Å². The molecule has 2 heterocycles. The molecule has 1 unspecified atom stereocenters. The van der Waals surface area contributed by atoms with E-state index in [0.717, 1.165) is 17.7 Å². The number of hydrogen-bond donors (Lipinski definition) is 1. The number of rotatable bonds is 1. The molecule has 2 aliphatic heterocycles. The molecule has 0 amide bonds. The fraction of sp³-hybridized carbons (Fsp3) is 0.429. The summed E-state index contributed by atoms with van der Waals surface area (Å²) < 4.78 is 22.6. The Kier molecular flexibility index (Phi) is 2.48. The molecule has 0 saturated heterocycles. The Balaban J connectivity index is 2.31. The van der Waals surface area contributed by atoms with Crippen molar-refractivity contribution in [2.24, 2.45) is 5.14 Å². The van der Waals surface area contributed by atoms with E-state index in [9.17, 15) is 8.42 Å². The van der Waals surface area contributed by atoms with Gasteiger partial charge in [-0.05, 0) is 23.8 Å². The summed E-state index contributed by atoms with van der Waals surface area (Å²) in [6.07, 6.45) is 4.80. The highest BCUT2D eigenvalue weighted by Gasteiger charge is 2.30. The molecule has 0 bridgehead atoms. The smallest absolute Gasteiger partial charge is 0.224 e. The van der Waals surface area contributed by atoms with Crippen molar-refractivity contribution >= 4 is 33.5 Å². The summed E-state index contributed by atoms with van der Waals surface area (Å²) in [6.45, 7) is 0. The zero-order valence-electron chi connectivity index (χ0n) is 6.76. The normalized spacial score (nSPS) is 27.9. The van der Waals surface area contributed by atoms with Crippen LogP contribution in [0.5, 0.6) is 0 Å². The quantitative estimate of drug-likeness (QED) is 0.743. The lowest BCUT2D eigenvalue weighted by molar-refractivity contribution is 0.605. The molecular formula is C7H9NO2S3. The second-order valence-corrected chi connectivity index (χ2v) is 7.27. The number of allylic oxidation sites excluding steroid dienone is 2. The van der Waals surface area contributed by atoms with E-state index in [-0.39, 0.29) is 4.58 Å². The molecule has 0 saturated carbocycles. The van der Waals surface area contributed by atoms with Crippen LogP contribution in [-0.4, -0.2) is 18.8 Å². The Bertz CT molecular complexity index is 383. The molecule has 0 fully saturated rings. The second-order valence-electron chi connectivity index (χ2n) is 2.82. The van der Waals surface area contributed by atoms with Crippen LogP contribution in [0.3, 0.4) is 0 Å². The van der Waals surface area contributed by atoms with Crippen molar-refractivity contribution in [1.29, 1.82) is 0 Å². The second kappa shape index (κ2) is 3.34. The Morgan fingerprint density at radius 1 is 1.54 bits per heavy atom. The maximum atomic E-state index is 11.0. The zero-order chi connectivity index (χ0) is 9.47. The molecular weight excluding hydrogens is 226 g/mol. The van der Waals surface area contributed by atoms with E-state index in [1.54, 1.807) is 17.8 Å². The van der Waals surface area contributed by atoms with Crippen LogP contribution in [0.4, 0.5) is 0 Å². The van der Waals surface area contributed by atoms with Crippen molar-refractivity contribution in [3.8, 4) is 0 Å². The largest absolute Gasteiger partial charge is 0.244 e. The van der Waals surface area contributed by atoms with Gasteiger partial charge in [-0.2, -0.15) is 0 Å². The summed E-state index contributed by atoms with van der Waals surface area (Å²) in [7, 11) is -3.49. The summed E-state index contributed by atoms with van der Waals surface area (Å²) in [4.78, 5) is 0. The van der Waals surface area contributed by atoms with Gasteiger partial charge in [0.05, 0.1) is 4.58 Å².